The van der Waals surface area contributed by atoms with Crippen molar-refractivity contribution in [2.45, 2.75) is 32.3 Å². The first kappa shape index (κ1) is 21.9. The third-order valence-electron chi connectivity index (χ3n) is 6.63. The first-order valence-electron chi connectivity index (χ1n) is 11.4. The van der Waals surface area contributed by atoms with E-state index in [9.17, 15) is 5.11 Å². The summed E-state index contributed by atoms with van der Waals surface area (Å²) < 4.78 is 2.01. The highest BCUT2D eigenvalue weighted by Gasteiger charge is 2.27. The van der Waals surface area contributed by atoms with Crippen LogP contribution in [0.2, 0.25) is 0 Å². The van der Waals surface area contributed by atoms with Gasteiger partial charge in [-0.1, -0.05) is 12.1 Å². The van der Waals surface area contributed by atoms with Gasteiger partial charge in [0.05, 0.1) is 11.3 Å². The number of piperidine rings is 1. The molecule has 0 atom stereocenters. The number of nitrogens with zero attached hydrogens (tertiary/aromatic N) is 4. The van der Waals surface area contributed by atoms with Gasteiger partial charge < -0.3 is 26.5 Å². The normalized spacial score (nSPS) is 15.4. The van der Waals surface area contributed by atoms with Crippen molar-refractivity contribution in [3.05, 3.63) is 66.1 Å². The highest BCUT2D eigenvalue weighted by molar-refractivity contribution is 5.87. The zero-order valence-corrected chi connectivity index (χ0v) is 19.4. The first-order valence-corrected chi connectivity index (χ1v) is 11.4. The van der Waals surface area contributed by atoms with Gasteiger partial charge in [0.25, 0.3) is 0 Å². The molecule has 0 radical (unpaired) electrons. The lowest BCUT2D eigenvalue weighted by Crippen LogP contribution is -2.42. The van der Waals surface area contributed by atoms with Crippen LogP contribution in [0.3, 0.4) is 0 Å². The summed E-state index contributed by atoms with van der Waals surface area (Å²) in [6.45, 7) is 5.61. The van der Waals surface area contributed by atoms with Crippen LogP contribution in [0.25, 0.3) is 16.9 Å². The van der Waals surface area contributed by atoms with Gasteiger partial charge >= 0.3 is 0 Å². The van der Waals surface area contributed by atoms with Crippen LogP contribution >= 0.6 is 0 Å². The molecule has 5 N–H and O–H groups in total. The molecule has 0 unspecified atom stereocenters. The fourth-order valence-corrected chi connectivity index (χ4v) is 4.46. The van der Waals surface area contributed by atoms with Crippen LogP contribution < -0.4 is 16.0 Å². The molecule has 0 bridgehead atoms. The topological polar surface area (TPSA) is 116 Å². The molecule has 1 aliphatic heterocycles. The van der Waals surface area contributed by atoms with Gasteiger partial charge in [0.2, 0.25) is 0 Å². The quantitative estimate of drug-likeness (QED) is 0.262. The molecule has 8 nitrogen and oxygen atoms in total. The van der Waals surface area contributed by atoms with E-state index in [-0.39, 0.29) is 0 Å². The van der Waals surface area contributed by atoms with Gasteiger partial charge in [-0.15, -0.1) is 0 Å². The largest absolute Gasteiger partial charge is 0.398 e. The Kier molecular flexibility index (Phi) is 5.45. The summed E-state index contributed by atoms with van der Waals surface area (Å²) in [5.41, 5.74) is 12.2. The molecule has 0 amide bonds. The van der Waals surface area contributed by atoms with Crippen LogP contribution in [0.5, 0.6) is 0 Å². The van der Waals surface area contributed by atoms with Crippen molar-refractivity contribution in [3.8, 4) is 11.3 Å². The van der Waals surface area contributed by atoms with E-state index in [2.05, 4.69) is 27.3 Å². The predicted octanol–water partition coefficient (Wildman–Crippen LogP) is 4.38. The standard InChI is InChI=1S/C26H29N7O/c1-17-23(18-3-4-19(16-27)22(28)15-18)31-24(25-29-11-14-33(17)25)30-20-5-7-21(8-6-20)32-12-9-26(2,34)10-13-32/h3-8,11,14-16,27,34H,9-10,12-13,28H2,1-2H3,(H,30,31). The predicted molar refractivity (Wildman–Crippen MR) is 137 cm³/mol. The molecule has 0 aliphatic carbocycles. The van der Waals surface area contributed by atoms with Crippen molar-refractivity contribution >= 4 is 34.7 Å². The minimum Gasteiger partial charge on any atom is -0.398 e. The number of nitrogen functional groups attached to an aromatic ring is 1. The molecule has 8 heteroatoms. The maximum Gasteiger partial charge on any atom is 0.180 e. The van der Waals surface area contributed by atoms with E-state index in [1.807, 2.05) is 54.8 Å². The third kappa shape index (κ3) is 4.08. The number of rotatable bonds is 5. The smallest absolute Gasteiger partial charge is 0.180 e. The Bertz CT molecular complexity index is 1350. The molecular formula is C26H29N7O. The van der Waals surface area contributed by atoms with Crippen molar-refractivity contribution < 1.29 is 5.11 Å². The van der Waals surface area contributed by atoms with Crippen molar-refractivity contribution in [1.82, 2.24) is 14.4 Å². The lowest BCUT2D eigenvalue weighted by atomic mass is 9.93. The Morgan fingerprint density at radius 3 is 2.56 bits per heavy atom. The van der Waals surface area contributed by atoms with Gasteiger partial charge in [0.1, 0.15) is 0 Å². The number of fused-ring (bicyclic) bond motifs is 1. The Balaban J connectivity index is 1.45. The molecule has 2 aromatic heterocycles. The molecule has 3 heterocycles. The summed E-state index contributed by atoms with van der Waals surface area (Å²) in [4.78, 5) is 11.7. The molecule has 4 aromatic rings. The number of anilines is 4. The number of hydrogen-bond acceptors (Lipinski definition) is 7. The minimum absolute atomic E-state index is 0.545. The number of aliphatic hydroxyl groups is 1. The SMILES string of the molecule is Cc1c(-c2ccc(C=N)c(N)c2)nc(Nc2ccc(N3CCC(C)(O)CC3)cc2)c2nccn12. The fourth-order valence-electron chi connectivity index (χ4n) is 4.46. The average Bonchev–Trinajstić information content (AvgIpc) is 3.32. The highest BCUT2D eigenvalue weighted by Crippen LogP contribution is 2.31. The average molecular weight is 456 g/mol. The van der Waals surface area contributed by atoms with E-state index < -0.39 is 5.60 Å². The Morgan fingerprint density at radius 1 is 1.15 bits per heavy atom. The lowest BCUT2D eigenvalue weighted by molar-refractivity contribution is 0.0351. The van der Waals surface area contributed by atoms with E-state index in [1.54, 1.807) is 6.20 Å². The number of nitrogens with one attached hydrogen (secondary N) is 2. The molecule has 34 heavy (non-hydrogen) atoms. The van der Waals surface area contributed by atoms with E-state index in [0.29, 0.717) is 17.1 Å². The number of aromatic nitrogens is 3. The van der Waals surface area contributed by atoms with Crippen LogP contribution in [0.4, 0.5) is 22.9 Å². The van der Waals surface area contributed by atoms with Gasteiger partial charge in [-0.05, 0) is 57.0 Å². The fraction of sp³-hybridized carbons (Fsp3) is 0.269. The summed E-state index contributed by atoms with van der Waals surface area (Å²) in [5, 5.41) is 21.1. The van der Waals surface area contributed by atoms with Crippen LogP contribution in [0, 0.1) is 12.3 Å². The van der Waals surface area contributed by atoms with Crippen LogP contribution in [0.1, 0.15) is 31.0 Å². The molecule has 1 saturated heterocycles. The van der Waals surface area contributed by atoms with E-state index in [0.717, 1.165) is 59.9 Å². The van der Waals surface area contributed by atoms with Crippen LogP contribution in [-0.2, 0) is 0 Å². The van der Waals surface area contributed by atoms with Crippen LogP contribution in [0.15, 0.2) is 54.9 Å². The van der Waals surface area contributed by atoms with Crippen LogP contribution in [-0.4, -0.2) is 44.4 Å². The number of imidazole rings is 1. The van der Waals surface area contributed by atoms with Gasteiger partial charge in [-0.2, -0.15) is 0 Å². The highest BCUT2D eigenvalue weighted by atomic mass is 16.3. The van der Waals surface area contributed by atoms with E-state index in [4.69, 9.17) is 16.1 Å². The first-order chi connectivity index (χ1) is 16.3. The van der Waals surface area contributed by atoms with Gasteiger partial charge in [0.15, 0.2) is 11.5 Å². The van der Waals surface area contributed by atoms with Gasteiger partial charge in [-0.25, -0.2) is 9.97 Å². The minimum atomic E-state index is -0.563. The Labute approximate surface area is 198 Å². The molecule has 5 rings (SSSR count). The van der Waals surface area contributed by atoms with Gasteiger partial charge in [-0.3, -0.25) is 4.40 Å². The summed E-state index contributed by atoms with van der Waals surface area (Å²) in [5.74, 6) is 0.655. The van der Waals surface area contributed by atoms with Crippen molar-refractivity contribution in [2.24, 2.45) is 0 Å². The van der Waals surface area contributed by atoms with E-state index >= 15 is 0 Å². The summed E-state index contributed by atoms with van der Waals surface area (Å²) in [6.07, 6.45) is 6.48. The van der Waals surface area contributed by atoms with Gasteiger partial charge in [0, 0.05) is 65.6 Å². The molecule has 1 aliphatic rings. The number of aryl methyl sites for hydroxylation is 1. The second-order valence-corrected chi connectivity index (χ2v) is 9.16. The Hall–Kier alpha value is -3.91. The molecule has 2 aromatic carbocycles. The third-order valence-corrected chi connectivity index (χ3v) is 6.63. The summed E-state index contributed by atoms with van der Waals surface area (Å²) in [7, 11) is 0. The summed E-state index contributed by atoms with van der Waals surface area (Å²) in [6, 6.07) is 13.9. The van der Waals surface area contributed by atoms with Crippen molar-refractivity contribution in [3.63, 3.8) is 0 Å². The zero-order valence-electron chi connectivity index (χ0n) is 19.4. The Morgan fingerprint density at radius 2 is 1.88 bits per heavy atom. The number of nitrogens with two attached hydrogens (primary N) is 1. The van der Waals surface area contributed by atoms with Crippen molar-refractivity contribution in [2.75, 3.05) is 29.0 Å². The molecule has 0 spiro atoms. The summed E-state index contributed by atoms with van der Waals surface area (Å²) >= 11 is 0. The maximum atomic E-state index is 10.2. The monoisotopic (exact) mass is 455 g/mol. The molecule has 174 valence electrons. The zero-order chi connectivity index (χ0) is 23.9. The second kappa shape index (κ2) is 8.46. The van der Waals surface area contributed by atoms with E-state index in [1.165, 1.54) is 6.21 Å². The molecular weight excluding hydrogens is 426 g/mol. The van der Waals surface area contributed by atoms with Crippen molar-refractivity contribution in [1.29, 1.82) is 5.41 Å². The second-order valence-electron chi connectivity index (χ2n) is 9.16. The molecule has 0 saturated carbocycles. The lowest BCUT2D eigenvalue weighted by Gasteiger charge is -2.37. The molecule has 1 fully saturated rings. The number of hydrogen-bond donors (Lipinski definition) is 4. The number of benzene rings is 2. The maximum absolute atomic E-state index is 10.2.